The second kappa shape index (κ2) is 44.8. The second-order valence-corrected chi connectivity index (χ2v) is 34.4. The number of hydrogen-bond acceptors (Lipinski definition) is 14. The molecular formula is C95H110Cl4N7NaO11SV+2. The Morgan fingerprint density at radius 3 is 1.77 bits per heavy atom. The fourth-order valence-corrected chi connectivity index (χ4v) is 17.4. The molecule has 7 aromatic rings. The molecule has 0 amide bonds. The van der Waals surface area contributed by atoms with Gasteiger partial charge in [-0.2, -0.15) is 4.58 Å². The van der Waals surface area contributed by atoms with Crippen molar-refractivity contribution in [3.63, 3.8) is 0 Å². The second-order valence-electron chi connectivity index (χ2n) is 32.3. The van der Waals surface area contributed by atoms with Crippen LogP contribution in [-0.4, -0.2) is 138 Å². The normalized spacial score (nSPS) is 17.2. The summed E-state index contributed by atoms with van der Waals surface area (Å²) < 4.78 is 38.2. The molecule has 1 radical (unpaired) electrons. The van der Waals surface area contributed by atoms with E-state index >= 15 is 0 Å². The van der Waals surface area contributed by atoms with Crippen LogP contribution in [0.4, 0.5) is 28.4 Å². The molecule has 25 heteroatoms. The zero-order valence-corrected chi connectivity index (χ0v) is 78.1. The molecule has 5 heterocycles. The number of carbonyl (C=O) groups is 4. The smallest absolute Gasteiger partial charge is 0.744 e. The average molecular weight is 1770 g/mol. The summed E-state index contributed by atoms with van der Waals surface area (Å²) in [7, 11) is -0.471. The molecule has 5 aliphatic heterocycles. The maximum absolute atomic E-state index is 11.9. The third kappa shape index (κ3) is 25.1. The van der Waals surface area contributed by atoms with Crippen LogP contribution in [0.1, 0.15) is 166 Å². The third-order valence-electron chi connectivity index (χ3n) is 22.1. The summed E-state index contributed by atoms with van der Waals surface area (Å²) in [5.41, 5.74) is 20.6. The summed E-state index contributed by atoms with van der Waals surface area (Å²) in [6.45, 7) is 28.2. The topological polar surface area (TPSA) is 250 Å². The van der Waals surface area contributed by atoms with Crippen LogP contribution in [0.25, 0.3) is 21.5 Å². The van der Waals surface area contributed by atoms with E-state index in [-0.39, 0.29) is 108 Å². The van der Waals surface area contributed by atoms with Gasteiger partial charge < -0.3 is 44.9 Å². The number of rotatable bonds is 26. The number of carbonyl (C=O) groups excluding carboxylic acids is 1. The monoisotopic (exact) mass is 1770 g/mol. The van der Waals surface area contributed by atoms with Crippen LogP contribution in [0.2, 0.25) is 0 Å². The summed E-state index contributed by atoms with van der Waals surface area (Å²) in [5.74, 6) is -3.37. The maximum Gasteiger partial charge on any atom is 1.00 e. The molecule has 0 aromatic heterocycles. The van der Waals surface area contributed by atoms with E-state index in [0.29, 0.717) is 42.9 Å². The van der Waals surface area contributed by atoms with E-state index in [2.05, 4.69) is 196 Å². The molecule has 7 aromatic carbocycles. The first-order chi connectivity index (χ1) is 55.1. The van der Waals surface area contributed by atoms with E-state index in [1.165, 1.54) is 73.4 Å². The number of halogens is 4. The predicted molar refractivity (Wildman–Crippen MR) is 483 cm³/mol. The number of aliphatic imine (C=N–C) groups is 1. The van der Waals surface area contributed by atoms with Crippen molar-refractivity contribution < 1.29 is 105 Å². The van der Waals surface area contributed by atoms with Crippen LogP contribution < -0.4 is 49.8 Å². The van der Waals surface area contributed by atoms with E-state index < -0.39 is 39.4 Å². The third-order valence-corrected chi connectivity index (χ3v) is 23.9. The fourth-order valence-electron chi connectivity index (χ4n) is 16.4. The first kappa shape index (κ1) is 101. The van der Waals surface area contributed by atoms with Gasteiger partial charge in [-0.15, -0.1) is 24.8 Å². The number of nitrogens with one attached hydrogen (secondary N) is 1. The molecule has 13 rings (SSSR count). The molecule has 1 aliphatic carbocycles. The van der Waals surface area contributed by atoms with Gasteiger partial charge in [0.1, 0.15) is 52.4 Å². The van der Waals surface area contributed by atoms with Gasteiger partial charge in [0.05, 0.1) is 32.5 Å². The van der Waals surface area contributed by atoms with Gasteiger partial charge in [-0.3, -0.25) is 29.2 Å². The summed E-state index contributed by atoms with van der Waals surface area (Å²) >= 11 is 14.0. The Labute approximate surface area is 765 Å². The van der Waals surface area contributed by atoms with Gasteiger partial charge in [-0.1, -0.05) is 135 Å². The van der Waals surface area contributed by atoms with Crippen LogP contribution in [0.15, 0.2) is 236 Å². The van der Waals surface area contributed by atoms with Crippen LogP contribution >= 0.6 is 48.0 Å². The first-order valence-electron chi connectivity index (χ1n) is 39.7. The Hall–Kier alpha value is -8.09. The Morgan fingerprint density at radius 2 is 1.16 bits per heavy atom. The summed E-state index contributed by atoms with van der Waals surface area (Å²) in [5, 5.41) is 44.9. The summed E-state index contributed by atoms with van der Waals surface area (Å²) in [4.78, 5) is 55.3. The molecule has 0 spiro atoms. The first-order valence-corrected chi connectivity index (χ1v) is 41.9. The molecule has 18 nitrogen and oxygen atoms in total. The predicted octanol–water partition coefficient (Wildman–Crippen LogP) is 16.9. The SMILES string of the molecule is C=C1N(CCCCCC(=O)O)c2ccc3c(c2C1(C)C)[CH+]C=C(C)[CH+]3.CC(=O)[O-].CN1CC(C=Nc2ccccc2)=C(Cl)/C(=C/Nc2ccccc2)C1.Cc1ccc2c3c(ccc2c1)[N+](CCCCCC(=O)O)=C(/C=C/C1=C(Cl)C(=C/C=C2/N(CCCCCC(=O)O)c4ccc5cc(S(=O)(=O)[O-])ccc5c4C2(C)C)/CN(C)C1)C3(C)C.Cl.Cl.[Na+].[V]. The van der Waals surface area contributed by atoms with E-state index in [1.807, 2.05) is 85.2 Å². The quantitative estimate of drug-likeness (QED) is 0.00982. The number of allylic oxidation sites excluding steroid dienone is 7. The van der Waals surface area contributed by atoms with Gasteiger partial charge in [0, 0.05) is 177 Å². The molecule has 0 saturated carbocycles. The molecule has 0 unspecified atom stereocenters. The van der Waals surface area contributed by atoms with Crippen molar-refractivity contribution in [2.24, 2.45) is 4.99 Å². The van der Waals surface area contributed by atoms with E-state index in [9.17, 15) is 37.6 Å². The number of aryl methyl sites for hydroxylation is 1. The minimum absolute atomic E-state index is 0. The van der Waals surface area contributed by atoms with E-state index in [0.717, 1.165) is 145 Å². The molecule has 0 atom stereocenters. The number of para-hydroxylation sites is 2. The van der Waals surface area contributed by atoms with Crippen molar-refractivity contribution in [3.8, 4) is 0 Å². The zero-order chi connectivity index (χ0) is 84.0. The van der Waals surface area contributed by atoms with Crippen LogP contribution in [0.3, 0.4) is 0 Å². The van der Waals surface area contributed by atoms with Gasteiger partial charge in [0.25, 0.3) is 0 Å². The number of unbranched alkanes of at least 4 members (excludes halogenated alkanes) is 6. The van der Waals surface area contributed by atoms with Crippen LogP contribution in [0, 0.1) is 19.8 Å². The van der Waals surface area contributed by atoms with Gasteiger partial charge in [0.15, 0.2) is 16.8 Å². The van der Waals surface area contributed by atoms with Gasteiger partial charge in [-0.05, 0) is 193 Å². The largest absolute Gasteiger partial charge is 1.00 e. The number of carboxylic acids is 4. The Balaban J connectivity index is 0.000000320. The van der Waals surface area contributed by atoms with Crippen molar-refractivity contribution in [1.82, 2.24) is 9.80 Å². The van der Waals surface area contributed by atoms with Crippen LogP contribution in [0.5, 0.6) is 0 Å². The standard InChI is InChI=1S/C51H58ClN3O7S.C22H26NO2.C20H20ClN3.C2H4O2.2ClH.Na.V/c1-33-15-21-39-34(29-33)16-23-41-47(39)50(2,3)43(54(41)27-11-7-9-13-45(56)57)25-18-36-31-53(6)32-37(49(36)52)19-26-44-51(4,5)48-40-22-20-38(63(60,61)62)30-35(40)17-24-42(48)55(44)28-12-8-10-14-46(58)59;1-15-9-11-18-17(14-15)10-12-19-21(18)22(3,4)16(2)23(19)13-7-5-6-8-20(24)25;1-24-14-16(12-22-18-8-4-2-5-9-18)20(21)17(15-24)13-23-19-10-6-3-7-11-19;1-2(3)4;;;;/h15-26,29-30H,7-14,27-28,31-32H2,1-6H3,(H2-,56,57,58,59,60,61,62);9-12,14H,2,5-8,13H2,1,3-4H3;2-13,22H,14-15H2,1H3;1H3,(H,3,4);2*1H;;/q;+1;;;;;+1;/b;;16-12+,23-13?;;;;;. The van der Waals surface area contributed by atoms with E-state index in [4.69, 9.17) is 38.2 Å². The minimum atomic E-state index is -4.63. The number of benzene rings is 7. The summed E-state index contributed by atoms with van der Waals surface area (Å²) in [6.07, 6.45) is 26.7. The molecule has 0 fully saturated rings. The average Bonchev–Trinajstić information content (AvgIpc) is 1.58. The molecule has 0 bridgehead atoms. The maximum atomic E-state index is 11.9. The van der Waals surface area contributed by atoms with E-state index in [1.54, 1.807) is 6.07 Å². The zero-order valence-electron chi connectivity index (χ0n) is 70.8. The van der Waals surface area contributed by atoms with Gasteiger partial charge in [0.2, 0.25) is 5.69 Å². The number of hydrogen-bond donors (Lipinski definition) is 4. The van der Waals surface area contributed by atoms with Crippen LogP contribution in [-0.2, 0) is 64.1 Å². The Kier molecular flexibility index (Phi) is 37.6. The number of carboxylic acid groups (broad SMARTS) is 4. The molecule has 6 aliphatic rings. The summed E-state index contributed by atoms with van der Waals surface area (Å²) in [6, 6.07) is 43.8. The molecule has 0 saturated heterocycles. The Morgan fingerprint density at radius 1 is 0.625 bits per heavy atom. The fraction of sp³-hybridized carbons (Fsp3) is 0.347. The number of likely N-dealkylation sites (N-methyl/N-ethyl adjacent to an activating group) is 2. The number of nitrogens with zero attached hydrogens (tertiary/aromatic N) is 6. The van der Waals surface area contributed by atoms with Gasteiger partial charge in [-0.25, -0.2) is 8.42 Å². The van der Waals surface area contributed by atoms with Crippen molar-refractivity contribution in [2.45, 2.75) is 161 Å². The molecular weight excluding hydrogens is 1660 g/mol. The number of anilines is 3. The van der Waals surface area contributed by atoms with Crippen molar-refractivity contribution >= 4 is 144 Å². The van der Waals surface area contributed by atoms with Crippen molar-refractivity contribution in [2.75, 3.05) is 75.0 Å². The van der Waals surface area contributed by atoms with Crippen molar-refractivity contribution in [3.05, 3.63) is 272 Å². The number of aliphatic carboxylic acids is 4. The molecule has 629 valence electrons. The Bertz CT molecular complexity index is 5320. The molecule has 4 N–H and O–H groups in total. The van der Waals surface area contributed by atoms with Gasteiger partial charge >= 0.3 is 47.5 Å². The minimum Gasteiger partial charge on any atom is -0.744 e. The molecule has 120 heavy (non-hydrogen) atoms. The number of fused-ring (bicyclic) bond motifs is 9. The van der Waals surface area contributed by atoms with Crippen molar-refractivity contribution in [1.29, 1.82) is 0 Å².